The first kappa shape index (κ1) is 26.4. The number of benzene rings is 1. The van der Waals surface area contributed by atoms with Crippen molar-refractivity contribution in [3.05, 3.63) is 82.9 Å². The number of allylic oxidation sites excluding steroid dienone is 5. The molecule has 0 radical (unpaired) electrons. The molecule has 0 spiro atoms. The van der Waals surface area contributed by atoms with Crippen LogP contribution < -0.4 is 0 Å². The number of nitrogens with one attached hydrogen (secondary N) is 1. The maximum absolute atomic E-state index is 13.5. The Morgan fingerprint density at radius 3 is 2.55 bits per heavy atom. The van der Waals surface area contributed by atoms with Crippen LogP contribution in [0.2, 0.25) is 5.02 Å². The van der Waals surface area contributed by atoms with E-state index in [-0.39, 0.29) is 11.0 Å². The number of hydrogen-bond donors (Lipinski definition) is 1. The molecule has 168 valence electrons. The van der Waals surface area contributed by atoms with Gasteiger partial charge >= 0.3 is 5.97 Å². The predicted octanol–water partition coefficient (Wildman–Crippen LogP) is 7.31. The molecule has 0 saturated carbocycles. The molecule has 31 heavy (non-hydrogen) atoms. The second-order valence-corrected chi connectivity index (χ2v) is 7.64. The number of nitrogens with zero attached hydrogens (tertiary/aromatic N) is 1. The zero-order valence-electron chi connectivity index (χ0n) is 19.0. The number of ether oxygens (including phenoxy) is 1. The summed E-state index contributed by atoms with van der Waals surface area (Å²) >= 11 is 5.66. The molecule has 1 heterocycles. The summed E-state index contributed by atoms with van der Waals surface area (Å²) < 4.78 is 19.0. The average molecular weight is 447 g/mol. The topological polar surface area (TPSA) is 55.0 Å². The number of aromatic nitrogens is 2. The van der Waals surface area contributed by atoms with Crippen molar-refractivity contribution in [1.29, 1.82) is 0 Å². The van der Waals surface area contributed by atoms with Crippen molar-refractivity contribution in [2.24, 2.45) is 0 Å². The van der Waals surface area contributed by atoms with Crippen LogP contribution >= 0.6 is 11.6 Å². The number of hydrogen-bond acceptors (Lipinski definition) is 3. The lowest BCUT2D eigenvalue weighted by atomic mass is 9.91. The number of esters is 1. The SMILES string of the molecule is C=C/C=C(\C=C/C)c1cc(C)[nH]n1.CCCC(C)(OC(=O)CC)c1ccc(Cl)c(F)c1. The summed E-state index contributed by atoms with van der Waals surface area (Å²) in [6.07, 6.45) is 9.47. The first-order chi connectivity index (χ1) is 14.7. The molecule has 0 amide bonds. The quantitative estimate of drug-likeness (QED) is 0.341. The van der Waals surface area contributed by atoms with Crippen molar-refractivity contribution in [3.63, 3.8) is 0 Å². The Balaban J connectivity index is 0.000000327. The Labute approximate surface area is 189 Å². The van der Waals surface area contributed by atoms with Crippen LogP contribution in [-0.2, 0) is 15.1 Å². The van der Waals surface area contributed by atoms with Gasteiger partial charge in [0.25, 0.3) is 0 Å². The Morgan fingerprint density at radius 2 is 2.06 bits per heavy atom. The van der Waals surface area contributed by atoms with Gasteiger partial charge in [-0.05, 0) is 51.0 Å². The molecular weight excluding hydrogens is 415 g/mol. The third kappa shape index (κ3) is 8.18. The molecule has 1 unspecified atom stereocenters. The monoisotopic (exact) mass is 446 g/mol. The number of H-pyrrole nitrogens is 1. The minimum atomic E-state index is -0.798. The normalized spacial score (nSPS) is 13.3. The molecule has 1 atom stereocenters. The second-order valence-electron chi connectivity index (χ2n) is 7.23. The van der Waals surface area contributed by atoms with Crippen LogP contribution in [0.3, 0.4) is 0 Å². The van der Waals surface area contributed by atoms with Crippen LogP contribution in [-0.4, -0.2) is 16.2 Å². The fraction of sp³-hybridized carbons (Fsp3) is 0.360. The van der Waals surface area contributed by atoms with E-state index in [1.54, 1.807) is 26.0 Å². The van der Waals surface area contributed by atoms with Gasteiger partial charge in [0.2, 0.25) is 0 Å². The zero-order valence-corrected chi connectivity index (χ0v) is 19.7. The zero-order chi connectivity index (χ0) is 23.4. The van der Waals surface area contributed by atoms with Crippen molar-refractivity contribution < 1.29 is 13.9 Å². The van der Waals surface area contributed by atoms with Crippen molar-refractivity contribution in [1.82, 2.24) is 10.2 Å². The van der Waals surface area contributed by atoms with Crippen LogP contribution in [0.15, 0.2) is 55.1 Å². The lowest BCUT2D eigenvalue weighted by Gasteiger charge is -2.30. The number of carbonyl (C=O) groups excluding carboxylic acids is 1. The van der Waals surface area contributed by atoms with E-state index in [2.05, 4.69) is 16.8 Å². The van der Waals surface area contributed by atoms with Gasteiger partial charge in [-0.2, -0.15) is 5.10 Å². The van der Waals surface area contributed by atoms with Crippen LogP contribution in [0.25, 0.3) is 5.57 Å². The van der Waals surface area contributed by atoms with Crippen LogP contribution in [0.1, 0.15) is 63.9 Å². The van der Waals surface area contributed by atoms with Gasteiger partial charge in [0.05, 0.1) is 10.7 Å². The fourth-order valence-corrected chi connectivity index (χ4v) is 3.10. The highest BCUT2D eigenvalue weighted by Gasteiger charge is 2.30. The number of halogens is 2. The van der Waals surface area contributed by atoms with Gasteiger partial charge in [-0.3, -0.25) is 9.89 Å². The minimum Gasteiger partial charge on any atom is -0.454 e. The summed E-state index contributed by atoms with van der Waals surface area (Å²) in [7, 11) is 0. The van der Waals surface area contributed by atoms with Crippen LogP contribution in [0.4, 0.5) is 4.39 Å². The largest absolute Gasteiger partial charge is 0.454 e. The van der Waals surface area contributed by atoms with Gasteiger partial charge in [0, 0.05) is 17.7 Å². The maximum Gasteiger partial charge on any atom is 0.306 e. The minimum absolute atomic E-state index is 0.0689. The number of carbonyl (C=O) groups is 1. The Morgan fingerprint density at radius 1 is 1.35 bits per heavy atom. The van der Waals surface area contributed by atoms with Gasteiger partial charge in [-0.15, -0.1) is 0 Å². The molecule has 0 fully saturated rings. The molecule has 1 aromatic carbocycles. The second kappa shape index (κ2) is 12.9. The first-order valence-corrected chi connectivity index (χ1v) is 10.7. The summed E-state index contributed by atoms with van der Waals surface area (Å²) in [6.45, 7) is 13.2. The molecule has 0 saturated heterocycles. The van der Waals surface area contributed by atoms with E-state index in [0.717, 1.165) is 23.4 Å². The smallest absolute Gasteiger partial charge is 0.306 e. The summed E-state index contributed by atoms with van der Waals surface area (Å²) in [6, 6.07) is 6.53. The third-order valence-corrected chi connectivity index (χ3v) is 4.84. The Hall–Kier alpha value is -2.66. The van der Waals surface area contributed by atoms with Crippen LogP contribution in [0.5, 0.6) is 0 Å². The Bertz CT molecular complexity index is 933. The summed E-state index contributed by atoms with van der Waals surface area (Å²) in [5.74, 6) is -0.787. The highest BCUT2D eigenvalue weighted by atomic mass is 35.5. The van der Waals surface area contributed by atoms with Gasteiger partial charge in [-0.1, -0.05) is 68.8 Å². The van der Waals surface area contributed by atoms with E-state index >= 15 is 0 Å². The summed E-state index contributed by atoms with van der Waals surface area (Å²) in [5.41, 5.74) is 2.92. The lowest BCUT2D eigenvalue weighted by molar-refractivity contribution is -0.159. The average Bonchev–Trinajstić information content (AvgIpc) is 3.16. The summed E-state index contributed by atoms with van der Waals surface area (Å²) in [4.78, 5) is 11.5. The van der Waals surface area contributed by atoms with E-state index in [9.17, 15) is 9.18 Å². The highest BCUT2D eigenvalue weighted by Crippen LogP contribution is 2.32. The van der Waals surface area contributed by atoms with Crippen molar-refractivity contribution in [2.45, 2.75) is 59.5 Å². The van der Waals surface area contributed by atoms with Gasteiger partial charge < -0.3 is 4.74 Å². The van der Waals surface area contributed by atoms with Gasteiger partial charge in [0.15, 0.2) is 0 Å². The van der Waals surface area contributed by atoms with Crippen molar-refractivity contribution >= 4 is 23.1 Å². The molecule has 0 aliphatic rings. The summed E-state index contributed by atoms with van der Waals surface area (Å²) in [5, 5.41) is 7.14. The third-order valence-electron chi connectivity index (χ3n) is 4.53. The standard InChI is InChI=1S/C14H18ClFO2.C11H14N2/c1-4-8-14(3,18-13(17)5-2)10-6-7-11(15)12(16)9-10;1-4-6-10(7-5-2)11-8-9(3)12-13-11/h6-7,9H,4-5,8H2,1-3H3;4-8H,1H2,2-3H3,(H,12,13)/b;7-5-,10-6+. The molecule has 1 N–H and O–H groups in total. The molecule has 2 rings (SSSR count). The molecule has 6 heteroatoms. The van der Waals surface area contributed by atoms with E-state index < -0.39 is 11.4 Å². The first-order valence-electron chi connectivity index (χ1n) is 10.4. The lowest BCUT2D eigenvalue weighted by Crippen LogP contribution is -2.29. The number of aryl methyl sites for hydroxylation is 1. The van der Waals surface area contributed by atoms with E-state index in [4.69, 9.17) is 16.3 Å². The maximum atomic E-state index is 13.5. The molecule has 2 aromatic rings. The molecule has 0 bridgehead atoms. The van der Waals surface area contributed by atoms with Gasteiger partial charge in [-0.25, -0.2) is 4.39 Å². The molecule has 0 aliphatic carbocycles. The molecule has 1 aromatic heterocycles. The highest BCUT2D eigenvalue weighted by molar-refractivity contribution is 6.30. The molecule has 4 nitrogen and oxygen atoms in total. The van der Waals surface area contributed by atoms with Crippen LogP contribution in [0, 0.1) is 12.7 Å². The van der Waals surface area contributed by atoms with E-state index in [1.165, 1.54) is 12.1 Å². The fourth-order valence-electron chi connectivity index (χ4n) is 2.98. The van der Waals surface area contributed by atoms with Crippen molar-refractivity contribution in [2.75, 3.05) is 0 Å². The van der Waals surface area contributed by atoms with E-state index in [1.807, 2.05) is 45.1 Å². The van der Waals surface area contributed by atoms with E-state index in [0.29, 0.717) is 18.4 Å². The number of rotatable bonds is 8. The number of aromatic amines is 1. The predicted molar refractivity (Wildman–Crippen MR) is 126 cm³/mol. The van der Waals surface area contributed by atoms with Gasteiger partial charge in [0.1, 0.15) is 11.4 Å². The molecule has 0 aliphatic heterocycles. The Kier molecular flexibility index (Phi) is 11.0. The van der Waals surface area contributed by atoms with Crippen molar-refractivity contribution in [3.8, 4) is 0 Å². The molecular formula is C25H32ClFN2O2.